The Labute approximate surface area is 199 Å². The van der Waals surface area contributed by atoms with Crippen molar-refractivity contribution in [3.05, 3.63) is 42.0 Å². The summed E-state index contributed by atoms with van der Waals surface area (Å²) in [6, 6.07) is 2.89. The highest BCUT2D eigenvalue weighted by Gasteiger charge is 2.73. The molecule has 2 fully saturated rings. The number of rotatable bonds is 4. The lowest BCUT2D eigenvalue weighted by atomic mass is 9.51. The molecule has 2 saturated carbocycles. The van der Waals surface area contributed by atoms with Crippen molar-refractivity contribution in [2.75, 3.05) is 14.1 Å². The summed E-state index contributed by atoms with van der Waals surface area (Å²) in [7, 11) is 2.86. The molecular formula is C24H24N2O9. The first-order chi connectivity index (χ1) is 16.4. The van der Waals surface area contributed by atoms with Crippen molar-refractivity contribution >= 4 is 35.0 Å². The predicted molar refractivity (Wildman–Crippen MR) is 117 cm³/mol. The smallest absolute Gasteiger partial charge is 0.330 e. The standard InChI is InChI=1S/C24H24N2O9/c1-4-12(28)35-20-10-8-9-6-5-7-11(27)13(9)18(29)14(10)21(31)24(34)16(20)17(26(2)3)19(30)15(22(24)32)23(25)33/h4-7,10,14-17,20,27,34H,1,8H2,2-3H3,(H2,25,33)/t10-,14?,15?,16-,17+,20+,24+/m1/s1. The van der Waals surface area contributed by atoms with Crippen LogP contribution in [0, 0.1) is 23.7 Å². The second-order valence-electron chi connectivity index (χ2n) is 9.29. The number of carbonyl (C=O) groups is 6. The molecule has 184 valence electrons. The summed E-state index contributed by atoms with van der Waals surface area (Å²) in [6.45, 7) is 3.34. The molecule has 0 saturated heterocycles. The van der Waals surface area contributed by atoms with E-state index in [-0.39, 0.29) is 17.7 Å². The fourth-order valence-electron chi connectivity index (χ4n) is 5.87. The molecule has 2 unspecified atom stereocenters. The second kappa shape index (κ2) is 8.21. The van der Waals surface area contributed by atoms with Gasteiger partial charge in [-0.25, -0.2) is 4.79 Å². The Hall–Kier alpha value is -3.70. The molecule has 1 aromatic carbocycles. The minimum absolute atomic E-state index is 0.0324. The molecule has 0 aliphatic heterocycles. The zero-order valence-electron chi connectivity index (χ0n) is 19.0. The van der Waals surface area contributed by atoms with Gasteiger partial charge in [0.15, 0.2) is 34.7 Å². The molecule has 1 aromatic rings. The van der Waals surface area contributed by atoms with Crippen LogP contribution in [0.1, 0.15) is 15.9 Å². The Balaban J connectivity index is 1.99. The molecule has 0 heterocycles. The van der Waals surface area contributed by atoms with Gasteiger partial charge >= 0.3 is 5.97 Å². The van der Waals surface area contributed by atoms with E-state index >= 15 is 0 Å². The Kier molecular flexibility index (Phi) is 5.73. The maximum Gasteiger partial charge on any atom is 0.330 e. The zero-order valence-corrected chi connectivity index (χ0v) is 19.0. The van der Waals surface area contributed by atoms with Gasteiger partial charge in [-0.2, -0.15) is 0 Å². The monoisotopic (exact) mass is 484 g/mol. The van der Waals surface area contributed by atoms with E-state index in [2.05, 4.69) is 6.58 Å². The van der Waals surface area contributed by atoms with Crippen molar-refractivity contribution in [1.82, 2.24) is 4.90 Å². The molecule has 1 amide bonds. The molecule has 0 bridgehead atoms. The van der Waals surface area contributed by atoms with Gasteiger partial charge in [0.05, 0.1) is 23.4 Å². The first-order valence-corrected chi connectivity index (χ1v) is 10.9. The number of hydrogen-bond donors (Lipinski definition) is 3. The van der Waals surface area contributed by atoms with Crippen LogP contribution in [0.2, 0.25) is 0 Å². The summed E-state index contributed by atoms with van der Waals surface area (Å²) in [5.74, 6) is -13.7. The van der Waals surface area contributed by atoms with Gasteiger partial charge in [0, 0.05) is 12.0 Å². The van der Waals surface area contributed by atoms with E-state index in [0.717, 1.165) is 6.08 Å². The largest absolute Gasteiger partial charge is 0.507 e. The highest BCUT2D eigenvalue weighted by molar-refractivity contribution is 6.32. The van der Waals surface area contributed by atoms with Crippen molar-refractivity contribution in [1.29, 1.82) is 0 Å². The van der Waals surface area contributed by atoms with Crippen LogP contribution in [0.5, 0.6) is 5.75 Å². The van der Waals surface area contributed by atoms with Crippen LogP contribution in [0.15, 0.2) is 30.9 Å². The fraction of sp³-hybridized carbons (Fsp3) is 0.417. The number of benzene rings is 1. The van der Waals surface area contributed by atoms with Crippen LogP contribution < -0.4 is 5.73 Å². The number of ether oxygens (including phenoxy) is 1. The van der Waals surface area contributed by atoms with E-state index in [4.69, 9.17) is 10.5 Å². The molecule has 0 spiro atoms. The number of amides is 1. The van der Waals surface area contributed by atoms with Gasteiger partial charge in [0.25, 0.3) is 0 Å². The van der Waals surface area contributed by atoms with E-state index in [1.54, 1.807) is 6.07 Å². The Morgan fingerprint density at radius 2 is 1.86 bits per heavy atom. The SMILES string of the molecule is C=CC(=O)O[C@@H]1[C@H]2[C@H](N(C)C)C(=O)C(C(N)=O)C(=O)[C@@]2(O)C(=O)C2C(=O)c3c(O)cccc3C[C@H]21. The minimum atomic E-state index is -3.03. The average molecular weight is 484 g/mol. The Morgan fingerprint density at radius 1 is 1.20 bits per heavy atom. The molecule has 11 heteroatoms. The van der Waals surface area contributed by atoms with Gasteiger partial charge in [-0.05, 0) is 32.1 Å². The number of esters is 1. The predicted octanol–water partition coefficient (Wildman–Crippen LogP) is -1.43. The summed E-state index contributed by atoms with van der Waals surface area (Å²) < 4.78 is 5.53. The number of Topliss-reactive ketones (excluding diaryl/α,β-unsaturated/α-hetero) is 4. The van der Waals surface area contributed by atoms with Crippen molar-refractivity contribution in [2.45, 2.75) is 24.2 Å². The third-order valence-corrected chi connectivity index (χ3v) is 7.27. The highest BCUT2D eigenvalue weighted by Crippen LogP contribution is 2.51. The number of phenols is 1. The Morgan fingerprint density at radius 3 is 2.43 bits per heavy atom. The highest BCUT2D eigenvalue weighted by atomic mass is 16.5. The maximum atomic E-state index is 13.8. The van der Waals surface area contributed by atoms with Gasteiger partial charge in [-0.3, -0.25) is 28.9 Å². The first kappa shape index (κ1) is 24.4. The third-order valence-electron chi connectivity index (χ3n) is 7.27. The molecule has 3 aliphatic rings. The summed E-state index contributed by atoms with van der Waals surface area (Å²) in [4.78, 5) is 79.6. The molecule has 4 N–H and O–H groups in total. The lowest BCUT2D eigenvalue weighted by Crippen LogP contribution is -2.78. The van der Waals surface area contributed by atoms with Crippen LogP contribution in [0.4, 0.5) is 0 Å². The molecule has 0 radical (unpaired) electrons. The van der Waals surface area contributed by atoms with Crippen molar-refractivity contribution in [2.24, 2.45) is 29.4 Å². The van der Waals surface area contributed by atoms with Gasteiger partial charge in [0.1, 0.15) is 11.9 Å². The normalized spacial score (nSPS) is 34.1. The fourth-order valence-corrected chi connectivity index (χ4v) is 5.87. The lowest BCUT2D eigenvalue weighted by Gasteiger charge is -2.55. The number of fused-ring (bicyclic) bond motifs is 3. The quantitative estimate of drug-likeness (QED) is 0.260. The summed E-state index contributed by atoms with van der Waals surface area (Å²) >= 11 is 0. The number of nitrogens with two attached hydrogens (primary N) is 1. The molecule has 35 heavy (non-hydrogen) atoms. The molecular weight excluding hydrogens is 460 g/mol. The van der Waals surface area contributed by atoms with E-state index in [1.165, 1.54) is 31.1 Å². The number of nitrogens with zero attached hydrogens (tertiary/aromatic N) is 1. The van der Waals surface area contributed by atoms with E-state index in [0.29, 0.717) is 5.56 Å². The summed E-state index contributed by atoms with van der Waals surface area (Å²) in [6.07, 6.45) is -0.671. The molecule has 0 aromatic heterocycles. The number of carbonyl (C=O) groups excluding carboxylic acids is 6. The number of hydrogen-bond acceptors (Lipinski definition) is 10. The van der Waals surface area contributed by atoms with Gasteiger partial charge in [-0.1, -0.05) is 18.7 Å². The molecule has 4 rings (SSSR count). The third kappa shape index (κ3) is 3.26. The average Bonchev–Trinajstić information content (AvgIpc) is 2.77. The van der Waals surface area contributed by atoms with Gasteiger partial charge in [0.2, 0.25) is 5.91 Å². The topological polar surface area (TPSA) is 181 Å². The molecule has 7 atom stereocenters. The van der Waals surface area contributed by atoms with Crippen LogP contribution in [0.3, 0.4) is 0 Å². The number of likely N-dealkylation sites (N-methyl/N-ethyl adjacent to an activating group) is 1. The summed E-state index contributed by atoms with van der Waals surface area (Å²) in [5.41, 5.74) is 2.49. The Bertz CT molecular complexity index is 1210. The number of aromatic hydroxyl groups is 1. The summed E-state index contributed by atoms with van der Waals surface area (Å²) in [5, 5.41) is 22.0. The van der Waals surface area contributed by atoms with Crippen LogP contribution in [0.25, 0.3) is 0 Å². The minimum Gasteiger partial charge on any atom is -0.507 e. The van der Waals surface area contributed by atoms with E-state index < -0.39 is 76.4 Å². The van der Waals surface area contributed by atoms with Crippen LogP contribution in [-0.4, -0.2) is 82.0 Å². The van der Waals surface area contributed by atoms with Crippen LogP contribution in [-0.2, 0) is 35.1 Å². The van der Waals surface area contributed by atoms with E-state index in [9.17, 15) is 39.0 Å². The lowest BCUT2D eigenvalue weighted by molar-refractivity contribution is -0.202. The van der Waals surface area contributed by atoms with Crippen molar-refractivity contribution in [3.8, 4) is 5.75 Å². The van der Waals surface area contributed by atoms with Crippen molar-refractivity contribution < 1.29 is 43.7 Å². The van der Waals surface area contributed by atoms with Crippen LogP contribution >= 0.6 is 0 Å². The second-order valence-corrected chi connectivity index (χ2v) is 9.29. The number of aliphatic hydroxyl groups is 1. The zero-order chi connectivity index (χ0) is 26.0. The van der Waals surface area contributed by atoms with Gasteiger partial charge in [-0.15, -0.1) is 0 Å². The maximum absolute atomic E-state index is 13.8. The van der Waals surface area contributed by atoms with Gasteiger partial charge < -0.3 is 20.7 Å². The van der Waals surface area contributed by atoms with Crippen molar-refractivity contribution in [3.63, 3.8) is 0 Å². The molecule has 3 aliphatic carbocycles. The number of ketones is 4. The van der Waals surface area contributed by atoms with E-state index in [1.807, 2.05) is 0 Å². The number of phenolic OH excluding ortho intramolecular Hbond substituents is 1. The first-order valence-electron chi connectivity index (χ1n) is 10.9. The number of primary amides is 1. The molecule has 11 nitrogen and oxygen atoms in total.